The lowest BCUT2D eigenvalue weighted by atomic mass is 9.83. The molecule has 0 aliphatic carbocycles. The molecule has 3 unspecified atom stereocenters. The Hall–Kier alpha value is -8.52. The Morgan fingerprint density at radius 3 is 1.94 bits per heavy atom. The molecule has 0 saturated carbocycles. The highest BCUT2D eigenvalue weighted by molar-refractivity contribution is 5.96. The average Bonchev–Trinajstić information content (AvgIpc) is 4.20. The van der Waals surface area contributed by atoms with E-state index >= 15 is 0 Å². The summed E-state index contributed by atoms with van der Waals surface area (Å²) in [6.45, 7) is 13.4. The van der Waals surface area contributed by atoms with E-state index in [9.17, 15) is 48.3 Å². The number of nitrogens with one attached hydrogen (secondary N) is 1. The van der Waals surface area contributed by atoms with E-state index in [1.807, 2.05) is 94.8 Å². The van der Waals surface area contributed by atoms with Gasteiger partial charge in [-0.05, 0) is 132 Å². The zero-order valence-corrected chi connectivity index (χ0v) is 45.5. The van der Waals surface area contributed by atoms with Crippen molar-refractivity contribution in [1.82, 2.24) is 29.2 Å². The molecule has 414 valence electrons. The Bertz CT molecular complexity index is 3340. The van der Waals surface area contributed by atoms with E-state index in [4.69, 9.17) is 20.2 Å². The van der Waals surface area contributed by atoms with Crippen molar-refractivity contribution in [2.24, 2.45) is 5.73 Å². The molecular weight excluding hydrogens is 1020 g/mol. The molecule has 0 saturated heterocycles. The summed E-state index contributed by atoms with van der Waals surface area (Å²) in [6.07, 6.45) is 1.79. The Morgan fingerprint density at radius 2 is 1.39 bits per heavy atom. The van der Waals surface area contributed by atoms with E-state index in [1.54, 1.807) is 61.5 Å². The lowest BCUT2D eigenvalue weighted by molar-refractivity contribution is -0.136. The van der Waals surface area contributed by atoms with Crippen molar-refractivity contribution in [3.63, 3.8) is 0 Å². The minimum atomic E-state index is -4.51. The number of aromatic nitrogens is 4. The predicted octanol–water partition coefficient (Wildman–Crippen LogP) is 9.98. The molecule has 7 rings (SSSR count). The summed E-state index contributed by atoms with van der Waals surface area (Å²) in [4.78, 5) is 47.9. The summed E-state index contributed by atoms with van der Waals surface area (Å²) in [5.41, 5.74) is 10.9. The van der Waals surface area contributed by atoms with E-state index in [1.165, 1.54) is 22.7 Å². The number of amides is 3. The standard InChI is InChI=1S/C31H39N5O4.C29H27F3N4O3/c1-7-36-18-27(34-31(36)20(4)35(6)21(5)38)23-10-8-22(9-11-23)16-24(14-15-37)29-25(30(33)39)12-13-28(26(29)17-32)40-19(2)3;1-18(2)39-26-10-9-21(15-22(26)16-33)28(38)34-23(11-13-37)14-19-5-7-20(8-6-19)25-17-36-12-3-4-24(27(36)35-25)29(30,31)32/h8-13,18-20,24,37H,7,14-16H2,1-6H3,(H2,33,39);3-10,12,15,17-18,23,37H,11,13-14H2,1-2H3,(H,34,38). The molecule has 19 heteroatoms. The molecule has 3 atom stereocenters. The Labute approximate surface area is 457 Å². The molecule has 3 heterocycles. The number of aliphatic hydroxyl groups is 2. The third-order valence-electron chi connectivity index (χ3n) is 13.2. The highest BCUT2D eigenvalue weighted by Gasteiger charge is 2.34. The van der Waals surface area contributed by atoms with Crippen LogP contribution in [0.1, 0.15) is 133 Å². The maximum atomic E-state index is 13.3. The first kappa shape index (κ1) is 59.7. The number of carbonyl (C=O) groups excluding carboxylic acids is 3. The quantitative estimate of drug-likeness (QED) is 0.0529. The van der Waals surface area contributed by atoms with Crippen LogP contribution in [0.25, 0.3) is 28.2 Å². The van der Waals surface area contributed by atoms with Gasteiger partial charge in [0.05, 0.1) is 46.3 Å². The summed E-state index contributed by atoms with van der Waals surface area (Å²) in [5, 5.41) is 41.8. The third-order valence-corrected chi connectivity index (χ3v) is 13.2. The number of ether oxygens (including phenoxy) is 2. The summed E-state index contributed by atoms with van der Waals surface area (Å²) in [6, 6.07) is 28.9. The molecule has 79 heavy (non-hydrogen) atoms. The third kappa shape index (κ3) is 14.9. The number of aliphatic hydroxyl groups excluding tert-OH is 2. The largest absolute Gasteiger partial charge is 0.490 e. The van der Waals surface area contributed by atoms with Crippen molar-refractivity contribution in [3.8, 4) is 46.2 Å². The van der Waals surface area contributed by atoms with Gasteiger partial charge in [-0.1, -0.05) is 48.5 Å². The van der Waals surface area contributed by atoms with E-state index in [0.717, 1.165) is 40.8 Å². The van der Waals surface area contributed by atoms with Crippen LogP contribution in [-0.4, -0.2) is 90.3 Å². The highest BCUT2D eigenvalue weighted by atomic mass is 19.4. The summed E-state index contributed by atoms with van der Waals surface area (Å²) >= 11 is 0. The molecule has 4 aromatic carbocycles. The fourth-order valence-electron chi connectivity index (χ4n) is 9.14. The Balaban J connectivity index is 0.000000255. The number of aryl methyl sites for hydroxylation is 1. The summed E-state index contributed by atoms with van der Waals surface area (Å²) in [5.74, 6) is 0.225. The summed E-state index contributed by atoms with van der Waals surface area (Å²) < 4.78 is 54.9. The van der Waals surface area contributed by atoms with Crippen LogP contribution >= 0.6 is 0 Å². The second-order valence-electron chi connectivity index (χ2n) is 19.6. The number of nitriles is 2. The number of fused-ring (bicyclic) bond motifs is 1. The van der Waals surface area contributed by atoms with E-state index in [-0.39, 0.29) is 71.5 Å². The zero-order valence-electron chi connectivity index (χ0n) is 45.5. The van der Waals surface area contributed by atoms with Crippen molar-refractivity contribution < 1.29 is 47.2 Å². The average molecular weight is 1080 g/mol. The SMILES string of the molecule is CC(C)Oc1ccc(C(=O)NC(CCO)Cc2ccc(-c3cn4cccc(C(F)(F)F)c4n3)cc2)cc1C#N.CCn1cc(-c2ccc(CC(CCO)c3c(C(N)=O)ccc(OC(C)C)c3C#N)cc2)nc1C(C)N(C)C(C)=O. The molecule has 0 aliphatic rings. The van der Waals surface area contributed by atoms with Gasteiger partial charge in [-0.2, -0.15) is 23.7 Å². The number of benzene rings is 4. The van der Waals surface area contributed by atoms with Gasteiger partial charge in [0.2, 0.25) is 11.8 Å². The van der Waals surface area contributed by atoms with Crippen LogP contribution in [0.3, 0.4) is 0 Å². The fourth-order valence-corrected chi connectivity index (χ4v) is 9.14. The van der Waals surface area contributed by atoms with Crippen LogP contribution in [0.15, 0.2) is 110 Å². The number of carbonyl (C=O) groups is 3. The lowest BCUT2D eigenvalue weighted by Crippen LogP contribution is -2.37. The second-order valence-corrected chi connectivity index (χ2v) is 19.6. The van der Waals surface area contributed by atoms with Crippen molar-refractivity contribution in [1.29, 1.82) is 10.5 Å². The summed E-state index contributed by atoms with van der Waals surface area (Å²) in [7, 11) is 1.77. The van der Waals surface area contributed by atoms with Gasteiger partial charge in [-0.15, -0.1) is 0 Å². The minimum Gasteiger partial charge on any atom is -0.490 e. The Morgan fingerprint density at radius 1 is 0.797 bits per heavy atom. The first-order valence-corrected chi connectivity index (χ1v) is 25.9. The number of halogens is 3. The Kier molecular flexibility index (Phi) is 20.2. The first-order chi connectivity index (χ1) is 37.6. The number of primary amides is 1. The fraction of sp³-hybridized carbons (Fsp3) is 0.350. The normalized spacial score (nSPS) is 12.5. The topological polar surface area (TPSA) is 234 Å². The van der Waals surface area contributed by atoms with Crippen LogP contribution in [-0.2, 0) is 30.4 Å². The van der Waals surface area contributed by atoms with E-state index in [0.29, 0.717) is 59.6 Å². The minimum absolute atomic E-state index is 0.0261. The number of hydrogen-bond acceptors (Lipinski definition) is 11. The first-order valence-electron chi connectivity index (χ1n) is 25.9. The van der Waals surface area contributed by atoms with Crippen molar-refractivity contribution >= 4 is 23.4 Å². The van der Waals surface area contributed by atoms with Gasteiger partial charge >= 0.3 is 6.18 Å². The number of rotatable bonds is 21. The molecule has 0 fully saturated rings. The zero-order chi connectivity index (χ0) is 57.7. The molecule has 7 aromatic rings. The highest BCUT2D eigenvalue weighted by Crippen LogP contribution is 2.37. The van der Waals surface area contributed by atoms with Gasteiger partial charge in [-0.3, -0.25) is 14.4 Å². The van der Waals surface area contributed by atoms with Crippen LogP contribution in [0.2, 0.25) is 0 Å². The number of pyridine rings is 1. The molecule has 16 nitrogen and oxygen atoms in total. The van der Waals surface area contributed by atoms with Crippen LogP contribution < -0.4 is 20.5 Å². The van der Waals surface area contributed by atoms with Gasteiger partial charge in [-0.25, -0.2) is 9.97 Å². The molecule has 5 N–H and O–H groups in total. The van der Waals surface area contributed by atoms with Crippen LogP contribution in [0, 0.1) is 22.7 Å². The number of imidazole rings is 2. The number of nitrogens with zero attached hydrogens (tertiary/aromatic N) is 7. The maximum Gasteiger partial charge on any atom is 0.419 e. The molecule has 0 aliphatic heterocycles. The smallest absolute Gasteiger partial charge is 0.419 e. The predicted molar refractivity (Wildman–Crippen MR) is 293 cm³/mol. The van der Waals surface area contributed by atoms with Crippen LogP contribution in [0.5, 0.6) is 11.5 Å². The van der Waals surface area contributed by atoms with E-state index in [2.05, 4.69) is 16.4 Å². The molecule has 3 amide bonds. The van der Waals surface area contributed by atoms with Gasteiger partial charge in [0, 0.05) is 80.6 Å². The molecule has 3 aromatic heterocycles. The van der Waals surface area contributed by atoms with Gasteiger partial charge < -0.3 is 44.6 Å². The molecule has 0 bridgehead atoms. The maximum absolute atomic E-state index is 13.3. The van der Waals surface area contributed by atoms with Gasteiger partial charge in [0.1, 0.15) is 35.1 Å². The number of nitrogens with two attached hydrogens (primary N) is 1. The monoisotopic (exact) mass is 1080 g/mol. The number of alkyl halides is 3. The van der Waals surface area contributed by atoms with Gasteiger partial charge in [0.15, 0.2) is 0 Å². The van der Waals surface area contributed by atoms with Crippen LogP contribution in [0.4, 0.5) is 13.2 Å². The molecule has 0 radical (unpaired) electrons. The van der Waals surface area contributed by atoms with E-state index < -0.39 is 23.7 Å². The van der Waals surface area contributed by atoms with Crippen molar-refractivity contribution in [3.05, 3.63) is 160 Å². The van der Waals surface area contributed by atoms with Crippen molar-refractivity contribution in [2.45, 2.75) is 117 Å². The second kappa shape index (κ2) is 26.7. The lowest BCUT2D eigenvalue weighted by Gasteiger charge is -2.23. The molecular formula is C60H66F3N9O7. The molecule has 0 spiro atoms. The van der Waals surface area contributed by atoms with Gasteiger partial charge in [0.25, 0.3) is 5.91 Å². The van der Waals surface area contributed by atoms with Crippen molar-refractivity contribution in [2.75, 3.05) is 20.3 Å². The number of hydrogen-bond donors (Lipinski definition) is 4.